The first kappa shape index (κ1) is 9.93. The van der Waals surface area contributed by atoms with Gasteiger partial charge in [0.2, 0.25) is 5.91 Å². The maximum atomic E-state index is 11.6. The maximum absolute atomic E-state index is 11.6. The molecule has 0 bridgehead atoms. The molecule has 0 aromatic carbocycles. The Hall–Kier alpha value is -0.610. The second-order valence-corrected chi connectivity index (χ2v) is 4.44. The van der Waals surface area contributed by atoms with Gasteiger partial charge in [-0.25, -0.2) is 0 Å². The zero-order valence-corrected chi connectivity index (χ0v) is 8.78. The Bertz CT molecular complexity index is 221. The third-order valence-corrected chi connectivity index (χ3v) is 3.21. The summed E-state index contributed by atoms with van der Waals surface area (Å²) in [7, 11) is 2.08. The molecule has 4 heteroatoms. The molecule has 0 unspecified atom stereocenters. The van der Waals surface area contributed by atoms with E-state index in [0.29, 0.717) is 24.4 Å². The van der Waals surface area contributed by atoms with Crippen molar-refractivity contribution >= 4 is 5.91 Å². The summed E-state index contributed by atoms with van der Waals surface area (Å²) in [6.45, 7) is 3.44. The number of carbonyl (C=O) groups is 1. The van der Waals surface area contributed by atoms with E-state index in [1.54, 1.807) is 0 Å². The van der Waals surface area contributed by atoms with E-state index in [2.05, 4.69) is 11.9 Å². The molecule has 1 heterocycles. The van der Waals surface area contributed by atoms with Crippen LogP contribution in [-0.2, 0) is 4.79 Å². The van der Waals surface area contributed by atoms with Crippen LogP contribution < -0.4 is 5.73 Å². The number of nitrogens with zero attached hydrogens (tertiary/aromatic N) is 2. The first-order chi connectivity index (χ1) is 6.72. The van der Waals surface area contributed by atoms with E-state index in [1.807, 2.05) is 4.90 Å². The van der Waals surface area contributed by atoms with Gasteiger partial charge in [0, 0.05) is 38.1 Å². The highest BCUT2D eigenvalue weighted by molar-refractivity contribution is 5.81. The van der Waals surface area contributed by atoms with Gasteiger partial charge in [0.1, 0.15) is 0 Å². The number of carbonyl (C=O) groups excluding carboxylic acids is 1. The van der Waals surface area contributed by atoms with Gasteiger partial charge in [0.15, 0.2) is 0 Å². The summed E-state index contributed by atoms with van der Waals surface area (Å²) in [6, 6.07) is 0.543. The van der Waals surface area contributed by atoms with Crippen molar-refractivity contribution in [2.24, 2.45) is 11.7 Å². The topological polar surface area (TPSA) is 49.6 Å². The van der Waals surface area contributed by atoms with Crippen molar-refractivity contribution < 1.29 is 4.79 Å². The summed E-state index contributed by atoms with van der Waals surface area (Å²) in [6.07, 6.45) is 2.22. The van der Waals surface area contributed by atoms with Gasteiger partial charge >= 0.3 is 0 Å². The lowest BCUT2D eigenvalue weighted by atomic mass is 10.1. The van der Waals surface area contributed by atoms with Gasteiger partial charge in [-0.3, -0.25) is 9.69 Å². The van der Waals surface area contributed by atoms with Gasteiger partial charge in [-0.15, -0.1) is 0 Å². The van der Waals surface area contributed by atoms with E-state index in [-0.39, 0.29) is 0 Å². The molecule has 4 nitrogen and oxygen atoms in total. The van der Waals surface area contributed by atoms with Gasteiger partial charge in [0.25, 0.3) is 0 Å². The van der Waals surface area contributed by atoms with Crippen molar-refractivity contribution in [3.8, 4) is 0 Å². The number of amides is 1. The van der Waals surface area contributed by atoms with Crippen LogP contribution in [0.15, 0.2) is 0 Å². The van der Waals surface area contributed by atoms with Crippen molar-refractivity contribution in [2.45, 2.75) is 18.9 Å². The van der Waals surface area contributed by atoms with Gasteiger partial charge in [-0.05, 0) is 19.9 Å². The Labute approximate surface area is 85.0 Å². The van der Waals surface area contributed by atoms with Gasteiger partial charge in [-0.2, -0.15) is 0 Å². The summed E-state index contributed by atoms with van der Waals surface area (Å²) in [4.78, 5) is 15.8. The smallest absolute Gasteiger partial charge is 0.225 e. The fourth-order valence-corrected chi connectivity index (χ4v) is 1.89. The minimum Gasteiger partial charge on any atom is -0.339 e. The molecule has 1 aliphatic carbocycles. The van der Waals surface area contributed by atoms with Crippen LogP contribution in [0.1, 0.15) is 12.8 Å². The molecule has 1 aliphatic heterocycles. The lowest BCUT2D eigenvalue weighted by Gasteiger charge is -2.44. The number of likely N-dealkylation sites (tertiary alicyclic amines) is 1. The molecule has 0 aromatic heterocycles. The molecule has 0 aromatic rings. The lowest BCUT2D eigenvalue weighted by Crippen LogP contribution is -2.61. The zero-order valence-electron chi connectivity index (χ0n) is 8.78. The molecule has 0 atom stereocenters. The van der Waals surface area contributed by atoms with Gasteiger partial charge in [0.05, 0.1) is 0 Å². The molecular formula is C10H19N3O. The second kappa shape index (κ2) is 3.87. The second-order valence-electron chi connectivity index (χ2n) is 4.44. The fraction of sp³-hybridized carbons (Fsp3) is 0.900. The summed E-state index contributed by atoms with van der Waals surface area (Å²) in [5.74, 6) is 0.748. The van der Waals surface area contributed by atoms with Crippen molar-refractivity contribution in [2.75, 3.05) is 33.2 Å². The summed E-state index contributed by atoms with van der Waals surface area (Å²) < 4.78 is 0. The van der Waals surface area contributed by atoms with Crippen LogP contribution in [0.3, 0.4) is 0 Å². The van der Waals surface area contributed by atoms with E-state index < -0.39 is 0 Å². The minimum absolute atomic E-state index is 0.371. The van der Waals surface area contributed by atoms with Crippen LogP contribution in [0.5, 0.6) is 0 Å². The highest BCUT2D eigenvalue weighted by Crippen LogP contribution is 2.32. The van der Waals surface area contributed by atoms with Crippen molar-refractivity contribution in [1.82, 2.24) is 9.80 Å². The third-order valence-electron chi connectivity index (χ3n) is 3.21. The molecule has 14 heavy (non-hydrogen) atoms. The van der Waals surface area contributed by atoms with E-state index in [0.717, 1.165) is 32.5 Å². The average Bonchev–Trinajstić information content (AvgIpc) is 2.83. The molecule has 2 rings (SSSR count). The predicted molar refractivity (Wildman–Crippen MR) is 54.8 cm³/mol. The summed E-state index contributed by atoms with van der Waals surface area (Å²) >= 11 is 0. The van der Waals surface area contributed by atoms with Crippen LogP contribution in [0.25, 0.3) is 0 Å². The maximum Gasteiger partial charge on any atom is 0.225 e. The van der Waals surface area contributed by atoms with Crippen molar-refractivity contribution in [1.29, 1.82) is 0 Å². The average molecular weight is 197 g/mol. The Morgan fingerprint density at radius 2 is 2.14 bits per heavy atom. The molecule has 0 spiro atoms. The molecule has 2 aliphatic rings. The number of nitrogens with two attached hydrogens (primary N) is 1. The van der Waals surface area contributed by atoms with Crippen molar-refractivity contribution in [3.05, 3.63) is 0 Å². The van der Waals surface area contributed by atoms with E-state index >= 15 is 0 Å². The molecule has 0 radical (unpaired) electrons. The van der Waals surface area contributed by atoms with Gasteiger partial charge in [-0.1, -0.05) is 0 Å². The zero-order chi connectivity index (χ0) is 10.1. The first-order valence-corrected chi connectivity index (χ1v) is 5.41. The Morgan fingerprint density at radius 3 is 2.64 bits per heavy atom. The molecule has 1 amide bonds. The lowest BCUT2D eigenvalue weighted by molar-refractivity contribution is -0.139. The SMILES string of the molecule is CN(CCN)C1CN(C(=O)C2CC2)C1. The number of hydrogen-bond donors (Lipinski definition) is 1. The molecular weight excluding hydrogens is 178 g/mol. The molecule has 1 saturated carbocycles. The van der Waals surface area contributed by atoms with Crippen LogP contribution in [0.2, 0.25) is 0 Å². The van der Waals surface area contributed by atoms with Crippen LogP contribution in [0.4, 0.5) is 0 Å². The molecule has 1 saturated heterocycles. The van der Waals surface area contributed by atoms with Crippen LogP contribution in [-0.4, -0.2) is 55.0 Å². The highest BCUT2D eigenvalue weighted by atomic mass is 16.2. The Balaban J connectivity index is 1.70. The monoisotopic (exact) mass is 197 g/mol. The van der Waals surface area contributed by atoms with E-state index in [1.165, 1.54) is 0 Å². The fourth-order valence-electron chi connectivity index (χ4n) is 1.89. The molecule has 80 valence electrons. The number of rotatable bonds is 4. The van der Waals surface area contributed by atoms with Crippen LogP contribution in [0, 0.1) is 5.92 Å². The quantitative estimate of drug-likeness (QED) is 0.661. The normalized spacial score (nSPS) is 22.6. The number of likely N-dealkylation sites (N-methyl/N-ethyl adjacent to an activating group) is 1. The van der Waals surface area contributed by atoms with E-state index in [4.69, 9.17) is 5.73 Å². The Kier molecular flexibility index (Phi) is 2.74. The van der Waals surface area contributed by atoms with Crippen molar-refractivity contribution in [3.63, 3.8) is 0 Å². The highest BCUT2D eigenvalue weighted by Gasteiger charge is 2.39. The number of hydrogen-bond acceptors (Lipinski definition) is 3. The molecule has 2 N–H and O–H groups in total. The largest absolute Gasteiger partial charge is 0.339 e. The predicted octanol–water partition coefficient (Wildman–Crippen LogP) is -0.502. The van der Waals surface area contributed by atoms with Gasteiger partial charge < -0.3 is 10.6 Å². The molecule has 2 fully saturated rings. The van der Waals surface area contributed by atoms with Crippen LogP contribution >= 0.6 is 0 Å². The minimum atomic E-state index is 0.371. The summed E-state index contributed by atoms with van der Waals surface area (Å²) in [5.41, 5.74) is 5.48. The standard InChI is InChI=1S/C10H19N3O/c1-12(5-4-11)9-6-13(7-9)10(14)8-2-3-8/h8-9H,2-7,11H2,1H3. The van der Waals surface area contributed by atoms with E-state index in [9.17, 15) is 4.79 Å². The Morgan fingerprint density at radius 1 is 1.50 bits per heavy atom. The summed E-state index contributed by atoms with van der Waals surface area (Å²) in [5, 5.41) is 0. The third kappa shape index (κ3) is 1.91. The first-order valence-electron chi connectivity index (χ1n) is 5.41.